The lowest BCUT2D eigenvalue weighted by molar-refractivity contribution is -0.140. The fourth-order valence-corrected chi connectivity index (χ4v) is 6.31. The van der Waals surface area contributed by atoms with Gasteiger partial charge in [0.1, 0.15) is 30.0 Å². The third-order valence-electron chi connectivity index (χ3n) is 7.34. The second kappa shape index (κ2) is 16.2. The van der Waals surface area contributed by atoms with Crippen LogP contribution in [0.25, 0.3) is 0 Å². The molecule has 248 valence electrons. The summed E-state index contributed by atoms with van der Waals surface area (Å²) in [5.41, 5.74) is 1.50. The number of hydrogen-bond donors (Lipinski definition) is 1. The SMILES string of the molecule is CCOc1ccc(N(CC(=O)N(Cc2ccc(F)cc2)[C@@H](Cc2ccccc2)C(=O)NCC(C)C)S(=O)(=O)c2ccc(F)cc2)cc1. The van der Waals surface area contributed by atoms with E-state index >= 15 is 0 Å². The Balaban J connectivity index is 1.79. The topological polar surface area (TPSA) is 96.0 Å². The van der Waals surface area contributed by atoms with E-state index in [0.29, 0.717) is 24.5 Å². The van der Waals surface area contributed by atoms with Crippen LogP contribution in [0.3, 0.4) is 0 Å². The summed E-state index contributed by atoms with van der Waals surface area (Å²) in [5.74, 6) is -1.52. The molecule has 1 N–H and O–H groups in total. The van der Waals surface area contributed by atoms with Gasteiger partial charge in [-0.1, -0.05) is 56.3 Å². The van der Waals surface area contributed by atoms with Crippen molar-refractivity contribution in [3.8, 4) is 5.75 Å². The number of hydrogen-bond acceptors (Lipinski definition) is 5. The summed E-state index contributed by atoms with van der Waals surface area (Å²) in [6.45, 7) is 5.69. The van der Waals surface area contributed by atoms with Crippen molar-refractivity contribution in [2.24, 2.45) is 5.92 Å². The van der Waals surface area contributed by atoms with Crippen LogP contribution in [0.2, 0.25) is 0 Å². The van der Waals surface area contributed by atoms with E-state index in [1.165, 1.54) is 41.3 Å². The number of nitrogens with one attached hydrogen (secondary N) is 1. The summed E-state index contributed by atoms with van der Waals surface area (Å²) in [4.78, 5) is 29.4. The molecule has 1 atom stereocenters. The Kier molecular flexibility index (Phi) is 12.1. The van der Waals surface area contributed by atoms with Crippen molar-refractivity contribution in [2.45, 2.75) is 44.7 Å². The number of rotatable bonds is 15. The van der Waals surface area contributed by atoms with Crippen LogP contribution in [0, 0.1) is 17.6 Å². The van der Waals surface area contributed by atoms with Gasteiger partial charge in [0, 0.05) is 19.5 Å². The van der Waals surface area contributed by atoms with Crippen LogP contribution >= 0.6 is 0 Å². The number of carbonyl (C=O) groups is 2. The number of anilines is 1. The average Bonchev–Trinajstić information content (AvgIpc) is 3.06. The summed E-state index contributed by atoms with van der Waals surface area (Å²) in [5, 5.41) is 2.92. The number of benzene rings is 4. The molecule has 0 saturated carbocycles. The third-order valence-corrected chi connectivity index (χ3v) is 9.13. The van der Waals surface area contributed by atoms with E-state index in [4.69, 9.17) is 4.74 Å². The highest BCUT2D eigenvalue weighted by Gasteiger charge is 2.34. The van der Waals surface area contributed by atoms with Gasteiger partial charge in [-0.05, 0) is 84.6 Å². The first-order chi connectivity index (χ1) is 22.5. The highest BCUT2D eigenvalue weighted by Crippen LogP contribution is 2.27. The molecule has 4 rings (SSSR count). The normalized spacial score (nSPS) is 12.0. The Morgan fingerprint density at radius 3 is 1.98 bits per heavy atom. The van der Waals surface area contributed by atoms with Crippen molar-refractivity contribution in [3.63, 3.8) is 0 Å². The molecule has 0 unspecified atom stereocenters. The quantitative estimate of drug-likeness (QED) is 0.169. The van der Waals surface area contributed by atoms with Crippen LogP contribution in [-0.4, -0.2) is 50.9 Å². The molecular weight excluding hydrogens is 624 g/mol. The first-order valence-corrected chi connectivity index (χ1v) is 16.8. The highest BCUT2D eigenvalue weighted by atomic mass is 32.2. The summed E-state index contributed by atoms with van der Waals surface area (Å²) in [6, 6.07) is 24.2. The Labute approximate surface area is 275 Å². The van der Waals surface area contributed by atoms with Gasteiger partial charge >= 0.3 is 0 Å². The van der Waals surface area contributed by atoms with Gasteiger partial charge in [-0.15, -0.1) is 0 Å². The fraction of sp³-hybridized carbons (Fsp3) is 0.278. The van der Waals surface area contributed by atoms with Gasteiger partial charge in [0.2, 0.25) is 11.8 Å². The molecule has 0 aliphatic rings. The molecule has 0 spiro atoms. The minimum Gasteiger partial charge on any atom is -0.494 e. The van der Waals surface area contributed by atoms with Crippen molar-refractivity contribution >= 4 is 27.5 Å². The van der Waals surface area contributed by atoms with Crippen LogP contribution in [0.5, 0.6) is 5.75 Å². The highest BCUT2D eigenvalue weighted by molar-refractivity contribution is 7.92. The van der Waals surface area contributed by atoms with Crippen LogP contribution in [0.1, 0.15) is 31.9 Å². The second-order valence-electron chi connectivity index (χ2n) is 11.4. The van der Waals surface area contributed by atoms with E-state index in [9.17, 15) is 26.8 Å². The maximum Gasteiger partial charge on any atom is 0.264 e. The van der Waals surface area contributed by atoms with Crippen molar-refractivity contribution in [1.29, 1.82) is 0 Å². The summed E-state index contributed by atoms with van der Waals surface area (Å²) < 4.78 is 62.2. The summed E-state index contributed by atoms with van der Waals surface area (Å²) in [7, 11) is -4.40. The largest absolute Gasteiger partial charge is 0.494 e. The number of nitrogens with zero attached hydrogens (tertiary/aromatic N) is 2. The molecule has 4 aromatic carbocycles. The summed E-state index contributed by atoms with van der Waals surface area (Å²) in [6.07, 6.45) is 0.144. The predicted octanol–water partition coefficient (Wildman–Crippen LogP) is 5.97. The molecule has 0 aliphatic carbocycles. The lowest BCUT2D eigenvalue weighted by Crippen LogP contribution is -2.53. The van der Waals surface area contributed by atoms with Gasteiger partial charge in [0.05, 0.1) is 17.2 Å². The van der Waals surface area contributed by atoms with Gasteiger partial charge in [-0.25, -0.2) is 17.2 Å². The molecule has 0 heterocycles. The fourth-order valence-electron chi connectivity index (χ4n) is 4.90. The molecule has 0 radical (unpaired) electrons. The van der Waals surface area contributed by atoms with E-state index in [0.717, 1.165) is 34.1 Å². The number of halogens is 2. The van der Waals surface area contributed by atoms with Gasteiger partial charge in [0.25, 0.3) is 10.0 Å². The Hall–Kier alpha value is -4.77. The molecule has 2 amide bonds. The molecular formula is C36H39F2N3O5S. The average molecular weight is 664 g/mol. The predicted molar refractivity (Wildman–Crippen MR) is 177 cm³/mol. The zero-order chi connectivity index (χ0) is 34.0. The molecule has 8 nitrogen and oxygen atoms in total. The van der Waals surface area contributed by atoms with Gasteiger partial charge in [-0.3, -0.25) is 13.9 Å². The molecule has 47 heavy (non-hydrogen) atoms. The molecule has 0 saturated heterocycles. The Morgan fingerprint density at radius 2 is 1.40 bits per heavy atom. The second-order valence-corrected chi connectivity index (χ2v) is 13.2. The van der Waals surface area contributed by atoms with Crippen molar-refractivity contribution < 1.29 is 31.5 Å². The molecule has 0 bridgehead atoms. The Morgan fingerprint density at radius 1 is 0.809 bits per heavy atom. The van der Waals surface area contributed by atoms with E-state index < -0.39 is 46.1 Å². The lowest BCUT2D eigenvalue weighted by atomic mass is 10.0. The zero-order valence-electron chi connectivity index (χ0n) is 26.6. The Bertz CT molecular complexity index is 1720. The van der Waals surface area contributed by atoms with Crippen molar-refractivity contribution in [1.82, 2.24) is 10.2 Å². The van der Waals surface area contributed by atoms with Crippen LogP contribution in [0.4, 0.5) is 14.5 Å². The number of sulfonamides is 1. The van der Waals surface area contributed by atoms with E-state index in [2.05, 4.69) is 5.32 Å². The van der Waals surface area contributed by atoms with Crippen LogP contribution < -0.4 is 14.4 Å². The number of amides is 2. The maximum atomic E-state index is 14.5. The lowest BCUT2D eigenvalue weighted by Gasteiger charge is -2.34. The molecule has 0 fully saturated rings. The number of ether oxygens (including phenoxy) is 1. The first kappa shape index (κ1) is 35.1. The minimum absolute atomic E-state index is 0.0978. The third kappa shape index (κ3) is 9.62. The van der Waals surface area contributed by atoms with E-state index in [-0.39, 0.29) is 29.5 Å². The van der Waals surface area contributed by atoms with Gasteiger partial charge < -0.3 is 15.0 Å². The maximum absolute atomic E-state index is 14.5. The standard InChI is InChI=1S/C36H39F2N3O5S/c1-4-46-32-18-16-31(17-19-32)41(47(44,45)33-20-14-30(38)15-21-33)25-35(42)40(24-28-10-12-29(37)13-11-28)34(36(43)39-23-26(2)3)22-27-8-6-5-7-9-27/h5-21,26,34H,4,22-25H2,1-3H3,(H,39,43)/t34-/m0/s1. The molecule has 11 heteroatoms. The van der Waals surface area contributed by atoms with Crippen LogP contribution in [-0.2, 0) is 32.6 Å². The van der Waals surface area contributed by atoms with Crippen molar-refractivity contribution in [2.75, 3.05) is 24.0 Å². The number of carbonyl (C=O) groups excluding carboxylic acids is 2. The zero-order valence-corrected chi connectivity index (χ0v) is 27.4. The molecule has 0 aliphatic heterocycles. The minimum atomic E-state index is -4.40. The first-order valence-electron chi connectivity index (χ1n) is 15.3. The monoisotopic (exact) mass is 663 g/mol. The summed E-state index contributed by atoms with van der Waals surface area (Å²) >= 11 is 0. The molecule has 4 aromatic rings. The van der Waals surface area contributed by atoms with E-state index in [1.807, 2.05) is 51.1 Å². The van der Waals surface area contributed by atoms with Crippen molar-refractivity contribution in [3.05, 3.63) is 126 Å². The smallest absolute Gasteiger partial charge is 0.264 e. The van der Waals surface area contributed by atoms with Gasteiger partial charge in [0.15, 0.2) is 0 Å². The molecule has 0 aromatic heterocycles. The van der Waals surface area contributed by atoms with Crippen LogP contribution in [0.15, 0.2) is 108 Å². The van der Waals surface area contributed by atoms with E-state index in [1.54, 1.807) is 12.1 Å². The van der Waals surface area contributed by atoms with Gasteiger partial charge in [-0.2, -0.15) is 0 Å².